The Labute approximate surface area is 74.0 Å². The van der Waals surface area contributed by atoms with Crippen molar-refractivity contribution in [3.8, 4) is 0 Å². The number of aromatic nitrogens is 2. The summed E-state index contributed by atoms with van der Waals surface area (Å²) in [5.41, 5.74) is 0.0629. The fourth-order valence-corrected chi connectivity index (χ4v) is 0.733. The van der Waals surface area contributed by atoms with Crippen molar-refractivity contribution in [3.63, 3.8) is 0 Å². The predicted molar refractivity (Wildman–Crippen MR) is 41.4 cm³/mol. The molecule has 0 radical (unpaired) electrons. The Bertz CT molecular complexity index is 300. The zero-order chi connectivity index (χ0) is 9.84. The first-order valence-electron chi connectivity index (χ1n) is 3.41. The van der Waals surface area contributed by atoms with Gasteiger partial charge in [-0.25, -0.2) is 9.59 Å². The van der Waals surface area contributed by atoms with Crippen LogP contribution >= 0.6 is 0 Å². The van der Waals surface area contributed by atoms with Crippen LogP contribution in [0.15, 0.2) is 12.3 Å². The largest absolute Gasteiger partial charge is 0.464 e. The van der Waals surface area contributed by atoms with Crippen molar-refractivity contribution in [2.24, 2.45) is 0 Å². The number of methoxy groups -OCH3 is 2. The van der Waals surface area contributed by atoms with E-state index in [1.807, 2.05) is 0 Å². The van der Waals surface area contributed by atoms with Gasteiger partial charge in [-0.3, -0.25) is 0 Å². The third-order valence-corrected chi connectivity index (χ3v) is 1.35. The van der Waals surface area contributed by atoms with Gasteiger partial charge in [-0.15, -0.1) is 0 Å². The zero-order valence-corrected chi connectivity index (χ0v) is 7.18. The number of hydrogen-bond acceptors (Lipinski definition) is 5. The van der Waals surface area contributed by atoms with E-state index in [9.17, 15) is 9.59 Å². The van der Waals surface area contributed by atoms with Crippen molar-refractivity contribution < 1.29 is 19.1 Å². The first-order chi connectivity index (χ1) is 6.19. The SMILES string of the molecule is COC(=O)c1ccn(C(=O)OC)n1. The Morgan fingerprint density at radius 2 is 2.08 bits per heavy atom. The summed E-state index contributed by atoms with van der Waals surface area (Å²) in [6.07, 6.45) is 0.660. The molecule has 70 valence electrons. The minimum absolute atomic E-state index is 0.0629. The van der Waals surface area contributed by atoms with E-state index < -0.39 is 12.1 Å². The standard InChI is InChI=1S/C7H8N2O4/c1-12-6(10)5-3-4-9(8-5)7(11)13-2/h3-4H,1-2H3. The van der Waals surface area contributed by atoms with Crippen molar-refractivity contribution in [2.75, 3.05) is 14.2 Å². The summed E-state index contributed by atoms with van der Waals surface area (Å²) < 4.78 is 9.68. The van der Waals surface area contributed by atoms with Crippen LogP contribution in [-0.4, -0.2) is 36.1 Å². The Hall–Kier alpha value is -1.85. The number of rotatable bonds is 1. The molecule has 0 saturated carbocycles. The molecule has 0 amide bonds. The normalized spacial score (nSPS) is 9.38. The van der Waals surface area contributed by atoms with Gasteiger partial charge in [0, 0.05) is 6.20 Å². The number of hydrogen-bond donors (Lipinski definition) is 0. The fourth-order valence-electron chi connectivity index (χ4n) is 0.733. The van der Waals surface area contributed by atoms with Gasteiger partial charge in [-0.05, 0) is 6.07 Å². The van der Waals surface area contributed by atoms with Crippen molar-refractivity contribution >= 4 is 12.1 Å². The van der Waals surface area contributed by atoms with Crippen LogP contribution in [0.4, 0.5) is 4.79 Å². The topological polar surface area (TPSA) is 70.4 Å². The number of carbonyl (C=O) groups is 2. The third-order valence-electron chi connectivity index (χ3n) is 1.35. The molecule has 0 bridgehead atoms. The summed E-state index contributed by atoms with van der Waals surface area (Å²) in [4.78, 5) is 21.8. The molecule has 0 aliphatic heterocycles. The lowest BCUT2D eigenvalue weighted by Gasteiger charge is -1.95. The van der Waals surface area contributed by atoms with Gasteiger partial charge < -0.3 is 9.47 Å². The molecule has 1 aromatic heterocycles. The molecule has 1 aromatic rings. The molecule has 0 unspecified atom stereocenters. The van der Waals surface area contributed by atoms with Crippen LogP contribution in [-0.2, 0) is 9.47 Å². The molecule has 6 heteroatoms. The maximum atomic E-state index is 10.9. The molecule has 0 aliphatic rings. The lowest BCUT2D eigenvalue weighted by Crippen LogP contribution is -2.13. The summed E-state index contributed by atoms with van der Waals surface area (Å²) in [5.74, 6) is -0.595. The van der Waals surface area contributed by atoms with E-state index >= 15 is 0 Å². The summed E-state index contributed by atoms with van der Waals surface area (Å²) in [7, 11) is 2.46. The first kappa shape index (κ1) is 9.24. The van der Waals surface area contributed by atoms with Crippen LogP contribution in [0, 0.1) is 0 Å². The average Bonchev–Trinajstić information content (AvgIpc) is 2.64. The van der Waals surface area contributed by atoms with E-state index in [0.29, 0.717) is 0 Å². The Morgan fingerprint density at radius 3 is 2.62 bits per heavy atom. The van der Waals surface area contributed by atoms with Gasteiger partial charge in [0.05, 0.1) is 14.2 Å². The molecular formula is C7H8N2O4. The van der Waals surface area contributed by atoms with Crippen molar-refractivity contribution in [1.82, 2.24) is 9.78 Å². The second-order valence-corrected chi connectivity index (χ2v) is 2.11. The van der Waals surface area contributed by atoms with E-state index in [4.69, 9.17) is 0 Å². The molecule has 1 heterocycles. The second-order valence-electron chi connectivity index (χ2n) is 2.11. The van der Waals surface area contributed by atoms with Crippen LogP contribution in [0.25, 0.3) is 0 Å². The number of esters is 1. The molecular weight excluding hydrogens is 176 g/mol. The van der Waals surface area contributed by atoms with Gasteiger partial charge in [-0.2, -0.15) is 9.78 Å². The number of nitrogens with zero attached hydrogens (tertiary/aromatic N) is 2. The maximum absolute atomic E-state index is 10.9. The Morgan fingerprint density at radius 1 is 1.38 bits per heavy atom. The van der Waals surface area contributed by atoms with Gasteiger partial charge in [0.1, 0.15) is 0 Å². The van der Waals surface area contributed by atoms with E-state index in [-0.39, 0.29) is 5.69 Å². The van der Waals surface area contributed by atoms with E-state index in [2.05, 4.69) is 14.6 Å². The van der Waals surface area contributed by atoms with Crippen LogP contribution in [0.3, 0.4) is 0 Å². The van der Waals surface area contributed by atoms with Crippen LogP contribution in [0.5, 0.6) is 0 Å². The molecule has 6 nitrogen and oxygen atoms in total. The lowest BCUT2D eigenvalue weighted by atomic mass is 10.4. The Balaban J connectivity index is 2.86. The number of carbonyl (C=O) groups excluding carboxylic acids is 2. The van der Waals surface area contributed by atoms with Crippen LogP contribution < -0.4 is 0 Å². The monoisotopic (exact) mass is 184 g/mol. The average molecular weight is 184 g/mol. The summed E-state index contributed by atoms with van der Waals surface area (Å²) >= 11 is 0. The molecule has 0 atom stereocenters. The first-order valence-corrected chi connectivity index (χ1v) is 3.41. The highest BCUT2D eigenvalue weighted by molar-refractivity contribution is 5.87. The summed E-state index contributed by atoms with van der Waals surface area (Å²) in [6.45, 7) is 0. The molecule has 0 spiro atoms. The van der Waals surface area contributed by atoms with Crippen LogP contribution in [0.1, 0.15) is 10.5 Å². The van der Waals surface area contributed by atoms with E-state index in [1.54, 1.807) is 0 Å². The minimum Gasteiger partial charge on any atom is -0.464 e. The summed E-state index contributed by atoms with van der Waals surface area (Å²) in [6, 6.07) is 1.36. The predicted octanol–water partition coefficient (Wildman–Crippen LogP) is 0.284. The van der Waals surface area contributed by atoms with Gasteiger partial charge in [0.25, 0.3) is 0 Å². The minimum atomic E-state index is -0.657. The van der Waals surface area contributed by atoms with Crippen molar-refractivity contribution in [1.29, 1.82) is 0 Å². The highest BCUT2D eigenvalue weighted by Gasteiger charge is 2.12. The molecule has 0 fully saturated rings. The second kappa shape index (κ2) is 3.70. The van der Waals surface area contributed by atoms with Crippen molar-refractivity contribution in [2.45, 2.75) is 0 Å². The van der Waals surface area contributed by atoms with Crippen molar-refractivity contribution in [3.05, 3.63) is 18.0 Å². The number of ether oxygens (including phenoxy) is 2. The van der Waals surface area contributed by atoms with Crippen LogP contribution in [0.2, 0.25) is 0 Å². The molecule has 13 heavy (non-hydrogen) atoms. The van der Waals surface area contributed by atoms with Gasteiger partial charge in [0.15, 0.2) is 5.69 Å². The molecule has 0 N–H and O–H groups in total. The van der Waals surface area contributed by atoms with Gasteiger partial charge in [0.2, 0.25) is 0 Å². The smallest absolute Gasteiger partial charge is 0.434 e. The van der Waals surface area contributed by atoms with Gasteiger partial charge >= 0.3 is 12.1 Å². The van der Waals surface area contributed by atoms with Gasteiger partial charge in [-0.1, -0.05) is 0 Å². The quantitative estimate of drug-likeness (QED) is 0.586. The highest BCUT2D eigenvalue weighted by Crippen LogP contribution is 1.97. The maximum Gasteiger partial charge on any atom is 0.434 e. The Kier molecular flexibility index (Phi) is 2.63. The highest BCUT2D eigenvalue weighted by atomic mass is 16.5. The molecule has 0 aliphatic carbocycles. The molecule has 0 saturated heterocycles. The molecule has 1 rings (SSSR count). The van der Waals surface area contributed by atoms with E-state index in [0.717, 1.165) is 4.68 Å². The van der Waals surface area contributed by atoms with E-state index in [1.165, 1.54) is 26.5 Å². The molecule has 0 aromatic carbocycles. The third kappa shape index (κ3) is 1.84. The lowest BCUT2D eigenvalue weighted by molar-refractivity contribution is 0.0593. The fraction of sp³-hybridized carbons (Fsp3) is 0.286. The summed E-state index contributed by atoms with van der Waals surface area (Å²) in [5, 5.41) is 3.62. The zero-order valence-electron chi connectivity index (χ0n) is 7.18.